The van der Waals surface area contributed by atoms with E-state index in [0.29, 0.717) is 23.2 Å². The Bertz CT molecular complexity index is 521. The lowest BCUT2D eigenvalue weighted by Gasteiger charge is -2.01. The van der Waals surface area contributed by atoms with Gasteiger partial charge in [0, 0.05) is 12.6 Å². The average Bonchev–Trinajstić information content (AvgIpc) is 2.69. The number of hydrogen-bond donors (Lipinski definition) is 2. The van der Waals surface area contributed by atoms with Crippen LogP contribution in [0, 0.1) is 11.2 Å². The molecule has 5 heteroatoms. The molecule has 0 saturated heterocycles. The predicted octanol–water partition coefficient (Wildman–Crippen LogP) is 2.70. The number of H-pyrrole nitrogens is 1. The second-order valence-corrected chi connectivity index (χ2v) is 3.71. The van der Waals surface area contributed by atoms with Gasteiger partial charge in [-0.3, -0.25) is 10.5 Å². The van der Waals surface area contributed by atoms with Crippen LogP contribution in [0.25, 0.3) is 0 Å². The first-order chi connectivity index (χ1) is 7.68. The first-order valence-electron chi connectivity index (χ1n) is 4.69. The van der Waals surface area contributed by atoms with Crippen LogP contribution < -0.4 is 0 Å². The Balaban J connectivity index is 2.31. The number of benzene rings is 1. The van der Waals surface area contributed by atoms with E-state index in [1.807, 2.05) is 0 Å². The van der Waals surface area contributed by atoms with Crippen LogP contribution in [-0.4, -0.2) is 15.4 Å². The molecule has 0 bridgehead atoms. The molecule has 0 saturated carbocycles. The minimum Gasteiger partial charge on any atom is -0.289 e. The van der Waals surface area contributed by atoms with E-state index in [1.54, 1.807) is 18.2 Å². The van der Waals surface area contributed by atoms with Gasteiger partial charge in [-0.25, -0.2) is 4.39 Å². The minimum absolute atomic E-state index is 0.0971. The highest BCUT2D eigenvalue weighted by molar-refractivity contribution is 6.68. The summed E-state index contributed by atoms with van der Waals surface area (Å²) in [6, 6.07) is 6.48. The monoisotopic (exact) mass is 237 g/mol. The molecule has 0 spiro atoms. The van der Waals surface area contributed by atoms with E-state index in [1.165, 1.54) is 12.3 Å². The van der Waals surface area contributed by atoms with Crippen molar-refractivity contribution < 1.29 is 4.39 Å². The van der Waals surface area contributed by atoms with Crippen LogP contribution >= 0.6 is 11.6 Å². The summed E-state index contributed by atoms with van der Waals surface area (Å²) < 4.78 is 13.4. The third kappa shape index (κ3) is 2.12. The van der Waals surface area contributed by atoms with E-state index in [-0.39, 0.29) is 11.0 Å². The first kappa shape index (κ1) is 10.8. The quantitative estimate of drug-likeness (QED) is 0.793. The third-order valence-electron chi connectivity index (χ3n) is 2.27. The highest BCUT2D eigenvalue weighted by atomic mass is 35.5. The van der Waals surface area contributed by atoms with Crippen LogP contribution in [0.1, 0.15) is 16.8 Å². The maximum Gasteiger partial charge on any atom is 0.131 e. The van der Waals surface area contributed by atoms with Crippen LogP contribution in [-0.2, 0) is 6.42 Å². The molecule has 1 aromatic carbocycles. The van der Waals surface area contributed by atoms with Crippen molar-refractivity contribution in [3.05, 3.63) is 53.1 Å². The lowest BCUT2D eigenvalue weighted by Crippen LogP contribution is -1.98. The van der Waals surface area contributed by atoms with Gasteiger partial charge in [-0.15, -0.1) is 0 Å². The smallest absolute Gasteiger partial charge is 0.131 e. The molecule has 2 rings (SSSR count). The number of hydrogen-bond acceptors (Lipinski definition) is 2. The Morgan fingerprint density at radius 3 is 2.88 bits per heavy atom. The summed E-state index contributed by atoms with van der Waals surface area (Å²) in [6.45, 7) is 0. The number of halogens is 2. The fourth-order valence-electron chi connectivity index (χ4n) is 1.47. The predicted molar refractivity (Wildman–Crippen MR) is 60.5 cm³/mol. The fourth-order valence-corrected chi connectivity index (χ4v) is 1.63. The van der Waals surface area contributed by atoms with Gasteiger partial charge in [0.2, 0.25) is 0 Å². The molecular formula is C11H9ClFN3. The minimum atomic E-state index is -0.280. The van der Waals surface area contributed by atoms with Gasteiger partial charge in [-0.1, -0.05) is 29.8 Å². The largest absolute Gasteiger partial charge is 0.289 e. The van der Waals surface area contributed by atoms with Crippen molar-refractivity contribution in [2.24, 2.45) is 0 Å². The Morgan fingerprint density at radius 1 is 1.44 bits per heavy atom. The number of aromatic nitrogens is 2. The van der Waals surface area contributed by atoms with Crippen LogP contribution in [0.15, 0.2) is 30.5 Å². The highest BCUT2D eigenvalue weighted by Crippen LogP contribution is 2.15. The summed E-state index contributed by atoms with van der Waals surface area (Å²) in [4.78, 5) is 0. The Kier molecular flexibility index (Phi) is 3.01. The molecule has 0 amide bonds. The van der Waals surface area contributed by atoms with E-state index in [0.717, 1.165) is 0 Å². The number of rotatable bonds is 3. The second-order valence-electron chi connectivity index (χ2n) is 3.33. The molecule has 0 aliphatic carbocycles. The molecule has 0 radical (unpaired) electrons. The third-order valence-corrected chi connectivity index (χ3v) is 2.48. The van der Waals surface area contributed by atoms with Crippen molar-refractivity contribution in [3.63, 3.8) is 0 Å². The van der Waals surface area contributed by atoms with Crippen molar-refractivity contribution in [3.8, 4) is 0 Å². The first-order valence-corrected chi connectivity index (χ1v) is 5.06. The van der Waals surface area contributed by atoms with Gasteiger partial charge in [0.25, 0.3) is 0 Å². The fraction of sp³-hybridized carbons (Fsp3) is 0.0909. The van der Waals surface area contributed by atoms with E-state index in [9.17, 15) is 4.39 Å². The van der Waals surface area contributed by atoms with Crippen molar-refractivity contribution in [1.29, 1.82) is 5.41 Å². The Labute approximate surface area is 96.8 Å². The van der Waals surface area contributed by atoms with Gasteiger partial charge in [0.15, 0.2) is 0 Å². The molecule has 16 heavy (non-hydrogen) atoms. The number of nitrogens with one attached hydrogen (secondary N) is 2. The zero-order valence-electron chi connectivity index (χ0n) is 8.30. The summed E-state index contributed by atoms with van der Waals surface area (Å²) in [5, 5.41) is 13.8. The Morgan fingerprint density at radius 2 is 2.19 bits per heavy atom. The summed E-state index contributed by atoms with van der Waals surface area (Å²) in [6.07, 6.45) is 1.85. The average molecular weight is 238 g/mol. The molecule has 82 valence electrons. The zero-order chi connectivity index (χ0) is 11.5. The van der Waals surface area contributed by atoms with Crippen LogP contribution in [0.4, 0.5) is 4.39 Å². The molecular weight excluding hydrogens is 229 g/mol. The summed E-state index contributed by atoms with van der Waals surface area (Å²) in [7, 11) is 0. The molecule has 0 aliphatic rings. The topological polar surface area (TPSA) is 52.5 Å². The lowest BCUT2D eigenvalue weighted by atomic mass is 10.1. The normalized spacial score (nSPS) is 10.4. The molecule has 1 heterocycles. The maximum absolute atomic E-state index is 13.4. The molecule has 2 N–H and O–H groups in total. The van der Waals surface area contributed by atoms with Crippen LogP contribution in [0.2, 0.25) is 0 Å². The summed E-state index contributed by atoms with van der Waals surface area (Å²) in [5.41, 5.74) is 1.61. The van der Waals surface area contributed by atoms with E-state index >= 15 is 0 Å². The van der Waals surface area contributed by atoms with Gasteiger partial charge in [0.1, 0.15) is 11.0 Å². The molecule has 0 fully saturated rings. The van der Waals surface area contributed by atoms with Crippen molar-refractivity contribution >= 4 is 16.8 Å². The SMILES string of the molecule is N=C(Cl)c1c[nH]nc1Cc1ccccc1F. The standard InChI is InChI=1S/C11H9ClFN3/c12-11(14)8-6-15-16-10(8)5-7-3-1-2-4-9(7)13/h1-4,6,14H,5H2,(H,15,16). The van der Waals surface area contributed by atoms with Gasteiger partial charge >= 0.3 is 0 Å². The molecule has 2 aromatic rings. The second kappa shape index (κ2) is 4.45. The molecule has 0 atom stereocenters. The summed E-state index contributed by atoms with van der Waals surface area (Å²) in [5.74, 6) is -0.280. The van der Waals surface area contributed by atoms with Gasteiger partial charge in [-0.2, -0.15) is 5.10 Å². The zero-order valence-corrected chi connectivity index (χ0v) is 9.05. The van der Waals surface area contributed by atoms with Crippen molar-refractivity contribution in [2.45, 2.75) is 6.42 Å². The maximum atomic E-state index is 13.4. The Hall–Kier alpha value is -1.68. The van der Waals surface area contributed by atoms with Crippen LogP contribution in [0.5, 0.6) is 0 Å². The van der Waals surface area contributed by atoms with Gasteiger partial charge in [-0.05, 0) is 11.6 Å². The van der Waals surface area contributed by atoms with Gasteiger partial charge in [0.05, 0.1) is 11.3 Å². The van der Waals surface area contributed by atoms with Crippen molar-refractivity contribution in [1.82, 2.24) is 10.2 Å². The molecule has 0 aliphatic heterocycles. The van der Waals surface area contributed by atoms with Crippen molar-refractivity contribution in [2.75, 3.05) is 0 Å². The van der Waals surface area contributed by atoms with Gasteiger partial charge < -0.3 is 0 Å². The lowest BCUT2D eigenvalue weighted by molar-refractivity contribution is 0.613. The number of aromatic amines is 1. The van der Waals surface area contributed by atoms with E-state index in [2.05, 4.69) is 10.2 Å². The molecule has 1 aromatic heterocycles. The molecule has 0 unspecified atom stereocenters. The number of nitrogens with zero attached hydrogens (tertiary/aromatic N) is 1. The van der Waals surface area contributed by atoms with Crippen LogP contribution in [0.3, 0.4) is 0 Å². The summed E-state index contributed by atoms with van der Waals surface area (Å²) >= 11 is 5.59. The molecule has 3 nitrogen and oxygen atoms in total. The van der Waals surface area contributed by atoms with E-state index in [4.69, 9.17) is 17.0 Å². The van der Waals surface area contributed by atoms with E-state index < -0.39 is 0 Å². The highest BCUT2D eigenvalue weighted by Gasteiger charge is 2.11.